The summed E-state index contributed by atoms with van der Waals surface area (Å²) in [5.41, 5.74) is 2.33. The van der Waals surface area contributed by atoms with Gasteiger partial charge < -0.3 is 14.4 Å². The molecule has 2 aromatic heterocycles. The smallest absolute Gasteiger partial charge is 0.246 e. The SMILES string of the molecule is COc1ccc(CN(C)C(=O)/C=C/c2c(Cl)nc3ccccn23)cc1OC. The molecule has 3 rings (SSSR count). The Labute approximate surface area is 162 Å². The Morgan fingerprint density at radius 1 is 1.22 bits per heavy atom. The zero-order valence-electron chi connectivity index (χ0n) is 15.3. The molecule has 27 heavy (non-hydrogen) atoms. The topological polar surface area (TPSA) is 56.1 Å². The molecule has 0 aliphatic heterocycles. The van der Waals surface area contributed by atoms with E-state index in [1.165, 1.54) is 6.08 Å². The molecule has 0 unspecified atom stereocenters. The number of pyridine rings is 1. The maximum atomic E-state index is 12.5. The highest BCUT2D eigenvalue weighted by molar-refractivity contribution is 6.31. The summed E-state index contributed by atoms with van der Waals surface area (Å²) >= 11 is 6.19. The molecule has 0 N–H and O–H groups in total. The highest BCUT2D eigenvalue weighted by Crippen LogP contribution is 2.28. The molecular weight excluding hydrogens is 366 g/mol. The van der Waals surface area contributed by atoms with Crippen LogP contribution in [0.2, 0.25) is 5.15 Å². The number of hydrogen-bond acceptors (Lipinski definition) is 4. The first kappa shape index (κ1) is 18.8. The lowest BCUT2D eigenvalue weighted by molar-refractivity contribution is -0.125. The van der Waals surface area contributed by atoms with E-state index in [0.29, 0.717) is 28.9 Å². The minimum absolute atomic E-state index is 0.147. The van der Waals surface area contributed by atoms with Crippen LogP contribution in [-0.4, -0.2) is 41.5 Å². The lowest BCUT2D eigenvalue weighted by Crippen LogP contribution is -2.24. The molecule has 0 aliphatic carbocycles. The Balaban J connectivity index is 1.74. The van der Waals surface area contributed by atoms with E-state index in [1.54, 1.807) is 32.2 Å². The van der Waals surface area contributed by atoms with Gasteiger partial charge >= 0.3 is 0 Å². The van der Waals surface area contributed by atoms with Gasteiger partial charge in [0.15, 0.2) is 16.7 Å². The average molecular weight is 386 g/mol. The normalized spacial score (nSPS) is 11.1. The van der Waals surface area contributed by atoms with Crippen LogP contribution in [0.3, 0.4) is 0 Å². The molecule has 6 nitrogen and oxygen atoms in total. The number of carbonyl (C=O) groups excluding carboxylic acids is 1. The highest BCUT2D eigenvalue weighted by atomic mass is 35.5. The molecule has 3 aromatic rings. The van der Waals surface area contributed by atoms with Gasteiger partial charge in [-0.1, -0.05) is 23.7 Å². The van der Waals surface area contributed by atoms with Crippen molar-refractivity contribution >= 4 is 29.2 Å². The molecule has 0 aliphatic rings. The Hall–Kier alpha value is -2.99. The molecule has 2 heterocycles. The van der Waals surface area contributed by atoms with Crippen molar-refractivity contribution in [1.29, 1.82) is 0 Å². The number of benzene rings is 1. The van der Waals surface area contributed by atoms with Crippen LogP contribution in [0.15, 0.2) is 48.7 Å². The summed E-state index contributed by atoms with van der Waals surface area (Å²) in [6.45, 7) is 0.435. The third-order valence-electron chi connectivity index (χ3n) is 4.15. The van der Waals surface area contributed by atoms with Gasteiger partial charge in [0.2, 0.25) is 5.91 Å². The van der Waals surface area contributed by atoms with Crippen molar-refractivity contribution in [2.75, 3.05) is 21.3 Å². The number of nitrogens with zero attached hydrogens (tertiary/aromatic N) is 3. The maximum absolute atomic E-state index is 12.5. The fourth-order valence-corrected chi connectivity index (χ4v) is 2.98. The van der Waals surface area contributed by atoms with Gasteiger partial charge in [-0.2, -0.15) is 0 Å². The first-order valence-electron chi connectivity index (χ1n) is 8.30. The monoisotopic (exact) mass is 385 g/mol. The number of likely N-dealkylation sites (N-methyl/N-ethyl adjacent to an activating group) is 1. The van der Waals surface area contributed by atoms with Gasteiger partial charge in [-0.05, 0) is 35.9 Å². The van der Waals surface area contributed by atoms with Crippen molar-refractivity contribution in [2.24, 2.45) is 0 Å². The molecule has 0 radical (unpaired) electrons. The lowest BCUT2D eigenvalue weighted by Gasteiger charge is -2.16. The van der Waals surface area contributed by atoms with Crippen LogP contribution < -0.4 is 9.47 Å². The molecular formula is C20H20ClN3O3. The third-order valence-corrected chi connectivity index (χ3v) is 4.43. The van der Waals surface area contributed by atoms with Gasteiger partial charge in [0.05, 0.1) is 19.9 Å². The number of hydrogen-bond donors (Lipinski definition) is 0. The largest absolute Gasteiger partial charge is 0.493 e. The number of aromatic nitrogens is 2. The van der Waals surface area contributed by atoms with E-state index < -0.39 is 0 Å². The zero-order valence-corrected chi connectivity index (χ0v) is 16.1. The summed E-state index contributed by atoms with van der Waals surface area (Å²) in [5, 5.41) is 0.354. The molecule has 7 heteroatoms. The second-order valence-electron chi connectivity index (χ2n) is 5.93. The quantitative estimate of drug-likeness (QED) is 0.607. The van der Waals surface area contributed by atoms with Crippen LogP contribution in [0.1, 0.15) is 11.3 Å². The van der Waals surface area contributed by atoms with Crippen molar-refractivity contribution in [3.63, 3.8) is 0 Å². The number of halogens is 1. The lowest BCUT2D eigenvalue weighted by atomic mass is 10.2. The van der Waals surface area contributed by atoms with Crippen LogP contribution in [-0.2, 0) is 11.3 Å². The Morgan fingerprint density at radius 3 is 2.74 bits per heavy atom. The van der Waals surface area contributed by atoms with Crippen LogP contribution in [0, 0.1) is 0 Å². The molecule has 140 valence electrons. The van der Waals surface area contributed by atoms with Gasteiger partial charge in [0.25, 0.3) is 0 Å². The summed E-state index contributed by atoms with van der Waals surface area (Å²) in [6, 6.07) is 11.2. The van der Waals surface area contributed by atoms with Gasteiger partial charge in [0.1, 0.15) is 5.65 Å². The second-order valence-corrected chi connectivity index (χ2v) is 6.29. The maximum Gasteiger partial charge on any atom is 0.246 e. The Bertz CT molecular complexity index is 997. The van der Waals surface area contributed by atoms with Crippen LogP contribution in [0.25, 0.3) is 11.7 Å². The number of methoxy groups -OCH3 is 2. The van der Waals surface area contributed by atoms with Crippen LogP contribution >= 0.6 is 11.6 Å². The van der Waals surface area contributed by atoms with Crippen LogP contribution in [0.5, 0.6) is 11.5 Å². The van der Waals surface area contributed by atoms with Gasteiger partial charge in [-0.25, -0.2) is 4.98 Å². The number of amides is 1. The third kappa shape index (κ3) is 4.06. The molecule has 1 amide bonds. The summed E-state index contributed by atoms with van der Waals surface area (Å²) in [4.78, 5) is 18.3. The number of carbonyl (C=O) groups is 1. The minimum atomic E-state index is -0.147. The van der Waals surface area contributed by atoms with Crippen molar-refractivity contribution in [2.45, 2.75) is 6.54 Å². The Kier molecular flexibility index (Phi) is 5.66. The molecule has 0 fully saturated rings. The van der Waals surface area contributed by atoms with E-state index in [2.05, 4.69) is 4.98 Å². The highest BCUT2D eigenvalue weighted by Gasteiger charge is 2.11. The standard InChI is InChI=1S/C20H20ClN3O3/c1-23(13-14-7-9-16(26-2)17(12-14)27-3)19(25)10-8-15-20(21)22-18-6-4-5-11-24(15)18/h4-12H,13H2,1-3H3/b10-8+. The Morgan fingerprint density at radius 2 is 2.00 bits per heavy atom. The second kappa shape index (κ2) is 8.14. The van der Waals surface area contributed by atoms with E-state index in [1.807, 2.05) is 47.0 Å². The van der Waals surface area contributed by atoms with Gasteiger partial charge in [-0.3, -0.25) is 9.20 Å². The summed E-state index contributed by atoms with van der Waals surface area (Å²) in [7, 11) is 4.90. The number of imidazole rings is 1. The molecule has 0 atom stereocenters. The molecule has 1 aromatic carbocycles. The van der Waals surface area contributed by atoms with Crippen molar-refractivity contribution in [1.82, 2.24) is 14.3 Å². The predicted octanol–water partition coefficient (Wildman–Crippen LogP) is 3.68. The molecule has 0 saturated heterocycles. The van der Waals surface area contributed by atoms with Crippen molar-refractivity contribution < 1.29 is 14.3 Å². The van der Waals surface area contributed by atoms with Crippen molar-refractivity contribution in [3.8, 4) is 11.5 Å². The fraction of sp³-hybridized carbons (Fsp3) is 0.200. The predicted molar refractivity (Wildman–Crippen MR) is 105 cm³/mol. The van der Waals surface area contributed by atoms with E-state index in [4.69, 9.17) is 21.1 Å². The van der Waals surface area contributed by atoms with Crippen molar-refractivity contribution in [3.05, 3.63) is 65.1 Å². The van der Waals surface area contributed by atoms with E-state index >= 15 is 0 Å². The van der Waals surface area contributed by atoms with Gasteiger partial charge in [0, 0.05) is 25.9 Å². The summed E-state index contributed by atoms with van der Waals surface area (Å²) in [5.74, 6) is 1.13. The number of rotatable bonds is 6. The van der Waals surface area contributed by atoms with Gasteiger partial charge in [-0.15, -0.1) is 0 Å². The van der Waals surface area contributed by atoms with E-state index in [-0.39, 0.29) is 5.91 Å². The molecule has 0 bridgehead atoms. The zero-order chi connectivity index (χ0) is 19.4. The summed E-state index contributed by atoms with van der Waals surface area (Å²) < 4.78 is 12.4. The first-order chi connectivity index (χ1) is 13.0. The van der Waals surface area contributed by atoms with E-state index in [0.717, 1.165) is 11.2 Å². The fourth-order valence-electron chi connectivity index (χ4n) is 2.74. The van der Waals surface area contributed by atoms with Crippen LogP contribution in [0.4, 0.5) is 0 Å². The number of ether oxygens (including phenoxy) is 2. The first-order valence-corrected chi connectivity index (χ1v) is 8.68. The molecule has 0 saturated carbocycles. The average Bonchev–Trinajstić information content (AvgIpc) is 3.00. The van der Waals surface area contributed by atoms with E-state index in [9.17, 15) is 4.79 Å². The summed E-state index contributed by atoms with van der Waals surface area (Å²) in [6.07, 6.45) is 5.02. The minimum Gasteiger partial charge on any atom is -0.493 e. The number of fused-ring (bicyclic) bond motifs is 1. The molecule has 0 spiro atoms.